The molecule has 1 aromatic carbocycles. The molecule has 0 saturated heterocycles. The maximum Gasteiger partial charge on any atom is 0.0897 e. The summed E-state index contributed by atoms with van der Waals surface area (Å²) in [5.41, 5.74) is 2.58. The van der Waals surface area contributed by atoms with Crippen LogP contribution in [0.25, 0.3) is 10.9 Å². The minimum Gasteiger partial charge on any atom is -0.389 e. The number of nitrogens with one attached hydrogen (secondary N) is 2. The summed E-state index contributed by atoms with van der Waals surface area (Å²) in [4.78, 5) is 3.36. The van der Waals surface area contributed by atoms with Gasteiger partial charge in [0.1, 0.15) is 0 Å². The van der Waals surface area contributed by atoms with Crippen molar-refractivity contribution in [3.63, 3.8) is 0 Å². The van der Waals surface area contributed by atoms with Gasteiger partial charge in [0.25, 0.3) is 0 Å². The van der Waals surface area contributed by atoms with Crippen LogP contribution in [0.4, 0.5) is 0 Å². The van der Waals surface area contributed by atoms with Crippen molar-refractivity contribution in [2.75, 3.05) is 20.3 Å². The van der Waals surface area contributed by atoms with Crippen LogP contribution in [0.15, 0.2) is 30.5 Å². The number of aromatic amines is 1. The molecular formula is C18H28N2O2. The Morgan fingerprint density at radius 2 is 2.05 bits per heavy atom. The van der Waals surface area contributed by atoms with Crippen molar-refractivity contribution in [3.05, 3.63) is 36.0 Å². The van der Waals surface area contributed by atoms with Crippen LogP contribution in [0.5, 0.6) is 0 Å². The van der Waals surface area contributed by atoms with Crippen molar-refractivity contribution in [1.29, 1.82) is 0 Å². The van der Waals surface area contributed by atoms with Gasteiger partial charge in [0.05, 0.1) is 12.7 Å². The molecule has 0 fully saturated rings. The lowest BCUT2D eigenvalue weighted by Gasteiger charge is -2.29. The topological polar surface area (TPSA) is 57.3 Å². The zero-order valence-corrected chi connectivity index (χ0v) is 14.0. The lowest BCUT2D eigenvalue weighted by atomic mass is 9.79. The molecule has 3 N–H and O–H groups in total. The van der Waals surface area contributed by atoms with Crippen molar-refractivity contribution in [3.8, 4) is 0 Å². The average Bonchev–Trinajstić information content (AvgIpc) is 2.90. The second-order valence-electron chi connectivity index (χ2n) is 6.75. The van der Waals surface area contributed by atoms with Gasteiger partial charge in [0, 0.05) is 36.8 Å². The van der Waals surface area contributed by atoms with Gasteiger partial charge in [-0.05, 0) is 30.4 Å². The molecule has 22 heavy (non-hydrogen) atoms. The Hall–Kier alpha value is -1.36. The first-order valence-corrected chi connectivity index (χ1v) is 7.91. The number of hydrogen-bond donors (Lipinski definition) is 3. The monoisotopic (exact) mass is 304 g/mol. The highest BCUT2D eigenvalue weighted by molar-refractivity contribution is 5.84. The highest BCUT2D eigenvalue weighted by atomic mass is 16.5. The molecule has 0 saturated carbocycles. The maximum absolute atomic E-state index is 9.73. The molecule has 0 bridgehead atoms. The van der Waals surface area contributed by atoms with Crippen molar-refractivity contribution >= 4 is 10.9 Å². The molecule has 0 aliphatic heterocycles. The number of aliphatic hydroxyl groups is 1. The number of aromatic nitrogens is 1. The number of ether oxygens (including phenoxy) is 1. The summed E-state index contributed by atoms with van der Waals surface area (Å²) in [5.74, 6) is 0. The van der Waals surface area contributed by atoms with Gasteiger partial charge in [0.2, 0.25) is 0 Å². The van der Waals surface area contributed by atoms with E-state index in [1.54, 1.807) is 7.11 Å². The van der Waals surface area contributed by atoms with E-state index in [4.69, 9.17) is 4.74 Å². The van der Waals surface area contributed by atoms with Crippen LogP contribution in [0.1, 0.15) is 32.8 Å². The fraction of sp³-hybridized carbons (Fsp3) is 0.556. The number of rotatable bonds is 8. The van der Waals surface area contributed by atoms with E-state index in [0.717, 1.165) is 6.42 Å². The zero-order valence-electron chi connectivity index (χ0n) is 14.0. The van der Waals surface area contributed by atoms with Crippen molar-refractivity contribution in [2.24, 2.45) is 0 Å². The third-order valence-electron chi connectivity index (χ3n) is 4.20. The standard InChI is InChI=1S/C18H28N2O2/c1-13(19-10-14(21)12-22-4)9-18(2,3)16-11-20-17-8-6-5-7-15(16)17/h5-8,11,13-14,19-21H,9-10,12H2,1-4H3/t13-,14-/m1/s1. The summed E-state index contributed by atoms with van der Waals surface area (Å²) in [6, 6.07) is 8.73. The minimum atomic E-state index is -0.455. The summed E-state index contributed by atoms with van der Waals surface area (Å²) in [7, 11) is 1.60. The number of fused-ring (bicyclic) bond motifs is 1. The molecule has 2 rings (SSSR count). The number of methoxy groups -OCH3 is 1. The molecular weight excluding hydrogens is 276 g/mol. The Bertz CT molecular complexity index is 592. The fourth-order valence-electron chi connectivity index (χ4n) is 3.17. The molecule has 4 heteroatoms. The van der Waals surface area contributed by atoms with Crippen LogP contribution in [0.2, 0.25) is 0 Å². The number of benzene rings is 1. The normalized spacial score (nSPS) is 15.1. The van der Waals surface area contributed by atoms with E-state index < -0.39 is 6.10 Å². The molecule has 2 atom stereocenters. The SMILES string of the molecule is COC[C@H](O)CN[C@H](C)CC(C)(C)c1c[nH]c2ccccc12. The Labute approximate surface area is 132 Å². The van der Waals surface area contributed by atoms with Crippen LogP contribution in [-0.2, 0) is 10.2 Å². The van der Waals surface area contributed by atoms with Crippen molar-refractivity contribution in [1.82, 2.24) is 10.3 Å². The molecule has 1 aromatic heterocycles. The predicted octanol–water partition coefficient (Wildman–Crippen LogP) is 2.82. The molecule has 0 radical (unpaired) electrons. The fourth-order valence-corrected chi connectivity index (χ4v) is 3.17. The van der Waals surface area contributed by atoms with Crippen molar-refractivity contribution in [2.45, 2.75) is 44.8 Å². The Balaban J connectivity index is 2.01. The van der Waals surface area contributed by atoms with Crippen LogP contribution in [-0.4, -0.2) is 42.5 Å². The summed E-state index contributed by atoms with van der Waals surface area (Å²) < 4.78 is 4.95. The molecule has 4 nitrogen and oxygen atoms in total. The number of hydrogen-bond acceptors (Lipinski definition) is 3. The molecule has 122 valence electrons. The summed E-state index contributed by atoms with van der Waals surface area (Å²) >= 11 is 0. The molecule has 0 unspecified atom stereocenters. The molecule has 0 aliphatic carbocycles. The van der Waals surface area contributed by atoms with Gasteiger partial charge in [-0.3, -0.25) is 0 Å². The first-order chi connectivity index (χ1) is 10.4. The third kappa shape index (κ3) is 4.09. The molecule has 0 amide bonds. The van der Waals surface area contributed by atoms with E-state index in [-0.39, 0.29) is 5.41 Å². The third-order valence-corrected chi connectivity index (χ3v) is 4.20. The minimum absolute atomic E-state index is 0.0538. The zero-order chi connectivity index (χ0) is 16.2. The van der Waals surface area contributed by atoms with E-state index >= 15 is 0 Å². The molecule has 0 aliphatic rings. The quantitative estimate of drug-likeness (QED) is 0.703. The lowest BCUT2D eigenvalue weighted by molar-refractivity contribution is 0.0624. The van der Waals surface area contributed by atoms with E-state index in [1.807, 2.05) is 0 Å². The summed E-state index contributed by atoms with van der Waals surface area (Å²) in [5, 5.41) is 14.4. The van der Waals surface area contributed by atoms with E-state index in [2.05, 4.69) is 61.5 Å². The predicted molar refractivity (Wildman–Crippen MR) is 91.3 cm³/mol. The van der Waals surface area contributed by atoms with E-state index in [1.165, 1.54) is 16.5 Å². The Morgan fingerprint density at radius 1 is 1.32 bits per heavy atom. The first kappa shape index (κ1) is 17.0. The second-order valence-corrected chi connectivity index (χ2v) is 6.75. The van der Waals surface area contributed by atoms with Gasteiger partial charge in [-0.2, -0.15) is 0 Å². The molecule has 1 heterocycles. The number of H-pyrrole nitrogens is 1. The highest BCUT2D eigenvalue weighted by Gasteiger charge is 2.26. The number of para-hydroxylation sites is 1. The summed E-state index contributed by atoms with van der Waals surface area (Å²) in [6.45, 7) is 7.62. The van der Waals surface area contributed by atoms with Crippen LogP contribution in [0, 0.1) is 0 Å². The molecule has 0 spiro atoms. The van der Waals surface area contributed by atoms with Crippen LogP contribution >= 0.6 is 0 Å². The second kappa shape index (κ2) is 7.27. The smallest absolute Gasteiger partial charge is 0.0897 e. The van der Waals surface area contributed by atoms with E-state index in [9.17, 15) is 5.11 Å². The van der Waals surface area contributed by atoms with Crippen LogP contribution in [0.3, 0.4) is 0 Å². The van der Waals surface area contributed by atoms with E-state index in [0.29, 0.717) is 19.2 Å². The van der Waals surface area contributed by atoms with Gasteiger partial charge in [0.15, 0.2) is 0 Å². The molecule has 2 aromatic rings. The van der Waals surface area contributed by atoms with Crippen LogP contribution < -0.4 is 5.32 Å². The highest BCUT2D eigenvalue weighted by Crippen LogP contribution is 2.33. The first-order valence-electron chi connectivity index (χ1n) is 7.91. The Morgan fingerprint density at radius 3 is 2.77 bits per heavy atom. The van der Waals surface area contributed by atoms with Gasteiger partial charge in [-0.1, -0.05) is 32.0 Å². The van der Waals surface area contributed by atoms with Gasteiger partial charge >= 0.3 is 0 Å². The number of aliphatic hydroxyl groups excluding tert-OH is 1. The van der Waals surface area contributed by atoms with Gasteiger partial charge in [-0.25, -0.2) is 0 Å². The van der Waals surface area contributed by atoms with Gasteiger partial charge in [-0.15, -0.1) is 0 Å². The maximum atomic E-state index is 9.73. The lowest BCUT2D eigenvalue weighted by Crippen LogP contribution is -2.39. The summed E-state index contributed by atoms with van der Waals surface area (Å²) in [6.07, 6.45) is 2.66. The Kier molecular flexibility index (Phi) is 5.62. The van der Waals surface area contributed by atoms with Crippen molar-refractivity contribution < 1.29 is 9.84 Å². The average molecular weight is 304 g/mol. The largest absolute Gasteiger partial charge is 0.389 e. The van der Waals surface area contributed by atoms with Gasteiger partial charge < -0.3 is 20.1 Å².